The number of hydrogen-bond donors (Lipinski definition) is 0. The molecular formula is C24H31ClN4O. The van der Waals surface area contributed by atoms with Gasteiger partial charge in [0.2, 0.25) is 0 Å². The van der Waals surface area contributed by atoms with Gasteiger partial charge in [0.25, 0.3) is 0 Å². The first-order valence-electron chi connectivity index (χ1n) is 10.9. The standard InChI is InChI=1S/C24H31ClN4O/c1-4-17(2)16-30-23-6-5-19(25)13-20(23)18-8-11-29(12-9-18)15-24-27-21-14-26-10-7-22(21)28(24)3/h5-7,10,13-14,17-18H,4,8-9,11-12,15-16H2,1-3H3/t17-/m0/s1. The van der Waals surface area contributed by atoms with E-state index in [0.717, 1.165) is 73.1 Å². The van der Waals surface area contributed by atoms with Crippen LogP contribution in [0.2, 0.25) is 5.02 Å². The Balaban J connectivity index is 1.42. The van der Waals surface area contributed by atoms with Crippen LogP contribution in [-0.4, -0.2) is 39.1 Å². The van der Waals surface area contributed by atoms with Crippen molar-refractivity contribution in [1.29, 1.82) is 0 Å². The highest BCUT2D eigenvalue weighted by molar-refractivity contribution is 6.30. The lowest BCUT2D eigenvalue weighted by atomic mass is 9.88. The number of aromatic nitrogens is 3. The summed E-state index contributed by atoms with van der Waals surface area (Å²) in [5, 5.41) is 0.789. The molecule has 3 heterocycles. The molecule has 1 aliphatic rings. The SMILES string of the molecule is CC[C@H](C)COc1ccc(Cl)cc1C1CCN(Cc2nc3cnccc3n2C)CC1. The molecule has 0 amide bonds. The second-order valence-electron chi connectivity index (χ2n) is 8.51. The lowest BCUT2D eigenvalue weighted by molar-refractivity contribution is 0.195. The number of halogens is 1. The highest BCUT2D eigenvalue weighted by atomic mass is 35.5. The number of rotatable bonds is 7. The van der Waals surface area contributed by atoms with Crippen LogP contribution in [0.3, 0.4) is 0 Å². The Labute approximate surface area is 184 Å². The van der Waals surface area contributed by atoms with Gasteiger partial charge in [-0.25, -0.2) is 4.98 Å². The molecule has 0 radical (unpaired) electrons. The molecule has 1 aromatic carbocycles. The molecule has 5 nitrogen and oxygen atoms in total. The second kappa shape index (κ2) is 9.36. The number of piperidine rings is 1. The number of aryl methyl sites for hydroxylation is 1. The maximum atomic E-state index is 6.34. The number of imidazole rings is 1. The van der Waals surface area contributed by atoms with Gasteiger partial charge in [-0.15, -0.1) is 0 Å². The summed E-state index contributed by atoms with van der Waals surface area (Å²) in [5.41, 5.74) is 3.36. The number of pyridine rings is 1. The Morgan fingerprint density at radius 3 is 2.77 bits per heavy atom. The monoisotopic (exact) mass is 426 g/mol. The molecule has 1 atom stereocenters. The summed E-state index contributed by atoms with van der Waals surface area (Å²) in [4.78, 5) is 11.5. The minimum atomic E-state index is 0.483. The minimum Gasteiger partial charge on any atom is -0.493 e. The first-order valence-corrected chi connectivity index (χ1v) is 11.3. The average Bonchev–Trinajstić information content (AvgIpc) is 3.08. The Hall–Kier alpha value is -2.11. The van der Waals surface area contributed by atoms with E-state index in [4.69, 9.17) is 21.3 Å². The van der Waals surface area contributed by atoms with Crippen LogP contribution in [0.5, 0.6) is 5.75 Å². The van der Waals surface area contributed by atoms with Crippen molar-refractivity contribution in [1.82, 2.24) is 19.4 Å². The average molecular weight is 427 g/mol. The zero-order chi connectivity index (χ0) is 21.1. The van der Waals surface area contributed by atoms with Gasteiger partial charge in [0.05, 0.1) is 24.9 Å². The summed E-state index contributed by atoms with van der Waals surface area (Å²) in [6.07, 6.45) is 6.99. The Morgan fingerprint density at radius 2 is 2.03 bits per heavy atom. The maximum absolute atomic E-state index is 6.34. The largest absolute Gasteiger partial charge is 0.493 e. The number of nitrogens with zero attached hydrogens (tertiary/aromatic N) is 4. The third-order valence-corrected chi connectivity index (χ3v) is 6.60. The summed E-state index contributed by atoms with van der Waals surface area (Å²) < 4.78 is 8.36. The number of ether oxygens (including phenoxy) is 1. The summed E-state index contributed by atoms with van der Waals surface area (Å²) in [6.45, 7) is 8.14. The van der Waals surface area contributed by atoms with Gasteiger partial charge in [-0.2, -0.15) is 0 Å². The van der Waals surface area contributed by atoms with Crippen molar-refractivity contribution in [3.63, 3.8) is 0 Å². The molecular weight excluding hydrogens is 396 g/mol. The topological polar surface area (TPSA) is 43.2 Å². The molecule has 1 fully saturated rings. The number of hydrogen-bond acceptors (Lipinski definition) is 4. The minimum absolute atomic E-state index is 0.483. The fraction of sp³-hybridized carbons (Fsp3) is 0.500. The van der Waals surface area contributed by atoms with Crippen LogP contribution >= 0.6 is 11.6 Å². The van der Waals surface area contributed by atoms with Crippen LogP contribution in [0.25, 0.3) is 11.0 Å². The van der Waals surface area contributed by atoms with Crippen LogP contribution in [0, 0.1) is 5.92 Å². The van der Waals surface area contributed by atoms with Gasteiger partial charge in [-0.1, -0.05) is 31.9 Å². The van der Waals surface area contributed by atoms with Crippen molar-refractivity contribution in [3.8, 4) is 5.75 Å². The van der Waals surface area contributed by atoms with Gasteiger partial charge >= 0.3 is 0 Å². The normalized spacial score (nSPS) is 16.8. The van der Waals surface area contributed by atoms with Crippen molar-refractivity contribution < 1.29 is 4.74 Å². The molecule has 2 aromatic heterocycles. The quantitative estimate of drug-likeness (QED) is 0.505. The third-order valence-electron chi connectivity index (χ3n) is 6.36. The van der Waals surface area contributed by atoms with Crippen LogP contribution in [0.15, 0.2) is 36.7 Å². The molecule has 0 bridgehead atoms. The molecule has 0 spiro atoms. The van der Waals surface area contributed by atoms with Gasteiger partial charge in [0, 0.05) is 18.3 Å². The van der Waals surface area contributed by atoms with Crippen LogP contribution in [0.1, 0.15) is 50.4 Å². The van der Waals surface area contributed by atoms with Gasteiger partial charge in [0.15, 0.2) is 0 Å². The van der Waals surface area contributed by atoms with Crippen molar-refractivity contribution in [2.75, 3.05) is 19.7 Å². The molecule has 160 valence electrons. The highest BCUT2D eigenvalue weighted by Crippen LogP contribution is 2.36. The van der Waals surface area contributed by atoms with E-state index in [-0.39, 0.29) is 0 Å². The Morgan fingerprint density at radius 1 is 1.23 bits per heavy atom. The molecule has 1 saturated heterocycles. The molecule has 0 saturated carbocycles. The second-order valence-corrected chi connectivity index (χ2v) is 8.94. The van der Waals surface area contributed by atoms with Crippen LogP contribution in [-0.2, 0) is 13.6 Å². The summed E-state index contributed by atoms with van der Waals surface area (Å²) in [6, 6.07) is 8.11. The van der Waals surface area contributed by atoms with E-state index in [1.54, 1.807) is 0 Å². The number of likely N-dealkylation sites (tertiary alicyclic amines) is 1. The van der Waals surface area contributed by atoms with Gasteiger partial charge < -0.3 is 9.30 Å². The first-order chi connectivity index (χ1) is 14.5. The van der Waals surface area contributed by atoms with E-state index >= 15 is 0 Å². The van der Waals surface area contributed by atoms with Crippen LogP contribution < -0.4 is 4.74 Å². The van der Waals surface area contributed by atoms with Gasteiger partial charge in [-0.3, -0.25) is 9.88 Å². The van der Waals surface area contributed by atoms with Crippen molar-refractivity contribution >= 4 is 22.6 Å². The Bertz CT molecular complexity index is 994. The molecule has 0 aliphatic carbocycles. The van der Waals surface area contributed by atoms with E-state index in [1.165, 1.54) is 5.56 Å². The lowest BCUT2D eigenvalue weighted by Crippen LogP contribution is -2.33. The summed E-state index contributed by atoms with van der Waals surface area (Å²) >= 11 is 6.34. The predicted octanol–water partition coefficient (Wildman–Crippen LogP) is 5.43. The molecule has 0 N–H and O–H groups in total. The van der Waals surface area contributed by atoms with Gasteiger partial charge in [0.1, 0.15) is 17.1 Å². The lowest BCUT2D eigenvalue weighted by Gasteiger charge is -2.32. The molecule has 30 heavy (non-hydrogen) atoms. The van der Waals surface area contributed by atoms with E-state index in [2.05, 4.69) is 41.4 Å². The smallest absolute Gasteiger partial charge is 0.123 e. The third kappa shape index (κ3) is 4.62. The molecule has 1 aliphatic heterocycles. The molecule has 6 heteroatoms. The van der Waals surface area contributed by atoms with E-state index in [9.17, 15) is 0 Å². The predicted molar refractivity (Wildman–Crippen MR) is 122 cm³/mol. The van der Waals surface area contributed by atoms with Crippen molar-refractivity contribution in [2.24, 2.45) is 13.0 Å². The number of benzene rings is 1. The maximum Gasteiger partial charge on any atom is 0.123 e. The van der Waals surface area contributed by atoms with Crippen molar-refractivity contribution in [2.45, 2.75) is 45.6 Å². The van der Waals surface area contributed by atoms with E-state index in [0.29, 0.717) is 11.8 Å². The van der Waals surface area contributed by atoms with Gasteiger partial charge in [-0.05, 0) is 67.6 Å². The first kappa shape index (κ1) is 21.1. The number of fused-ring (bicyclic) bond motifs is 1. The van der Waals surface area contributed by atoms with Crippen LogP contribution in [0.4, 0.5) is 0 Å². The Kier molecular flexibility index (Phi) is 6.59. The fourth-order valence-electron chi connectivity index (χ4n) is 4.16. The molecule has 4 rings (SSSR count). The van der Waals surface area contributed by atoms with Crippen molar-refractivity contribution in [3.05, 3.63) is 53.1 Å². The zero-order valence-electron chi connectivity index (χ0n) is 18.1. The summed E-state index contributed by atoms with van der Waals surface area (Å²) in [7, 11) is 2.09. The molecule has 3 aromatic rings. The van der Waals surface area contributed by atoms with E-state index < -0.39 is 0 Å². The highest BCUT2D eigenvalue weighted by Gasteiger charge is 2.25. The zero-order valence-corrected chi connectivity index (χ0v) is 18.9. The van der Waals surface area contributed by atoms with E-state index in [1.807, 2.05) is 30.6 Å². The summed E-state index contributed by atoms with van der Waals surface area (Å²) in [5.74, 6) is 3.13. The molecule has 0 unspecified atom stereocenters. The fourth-order valence-corrected chi connectivity index (χ4v) is 4.35.